The Hall–Kier alpha value is -1.53. The molecule has 108 valence electrons. The first kappa shape index (κ1) is 14.9. The van der Waals surface area contributed by atoms with Crippen LogP contribution in [0.4, 0.5) is 0 Å². The maximum atomic E-state index is 11.6. The van der Waals surface area contributed by atoms with Gasteiger partial charge in [0, 0.05) is 19.8 Å². The number of amides is 1. The number of nitrogens with one attached hydrogen (secondary N) is 2. The zero-order valence-corrected chi connectivity index (χ0v) is 12.3. The molecule has 0 aliphatic heterocycles. The molecule has 2 aromatic rings. The van der Waals surface area contributed by atoms with E-state index in [0.29, 0.717) is 18.9 Å². The van der Waals surface area contributed by atoms with Crippen molar-refractivity contribution in [2.24, 2.45) is 0 Å². The number of thioether (sulfide) groups is 1. The van der Waals surface area contributed by atoms with Gasteiger partial charge < -0.3 is 15.0 Å². The highest BCUT2D eigenvalue weighted by Crippen LogP contribution is 2.18. The Morgan fingerprint density at radius 1 is 1.45 bits per heavy atom. The van der Waals surface area contributed by atoms with Gasteiger partial charge in [0.05, 0.1) is 16.8 Å². The highest BCUT2D eigenvalue weighted by atomic mass is 32.2. The number of hydrogen-bond donors (Lipinski definition) is 2. The maximum absolute atomic E-state index is 11.6. The fourth-order valence-electron chi connectivity index (χ4n) is 1.73. The number of aromatic amines is 1. The normalized spacial score (nSPS) is 10.8. The largest absolute Gasteiger partial charge is 0.382 e. The summed E-state index contributed by atoms with van der Waals surface area (Å²) in [4.78, 5) is 19.2. The lowest BCUT2D eigenvalue weighted by molar-refractivity contribution is -0.118. The second-order valence-electron chi connectivity index (χ2n) is 4.25. The standard InChI is InChI=1S/C14H19N3O2S/c1-2-19-9-5-8-15-13(18)10-20-14-16-11-6-3-4-7-12(11)17-14/h3-4,6-7H,2,5,8-10H2,1H3,(H,15,18)(H,16,17). The van der Waals surface area contributed by atoms with E-state index in [-0.39, 0.29) is 5.91 Å². The van der Waals surface area contributed by atoms with E-state index in [2.05, 4.69) is 15.3 Å². The third-order valence-electron chi connectivity index (χ3n) is 2.70. The Morgan fingerprint density at radius 3 is 3.10 bits per heavy atom. The van der Waals surface area contributed by atoms with Crippen LogP contribution in [0.1, 0.15) is 13.3 Å². The molecule has 1 aromatic carbocycles. The van der Waals surface area contributed by atoms with E-state index < -0.39 is 0 Å². The summed E-state index contributed by atoms with van der Waals surface area (Å²) in [6.45, 7) is 4.02. The predicted octanol–water partition coefficient (Wildman–Crippen LogP) is 2.20. The number of aromatic nitrogens is 2. The van der Waals surface area contributed by atoms with Gasteiger partial charge in [-0.15, -0.1) is 0 Å². The summed E-state index contributed by atoms with van der Waals surface area (Å²) in [6, 6.07) is 7.83. The molecule has 0 saturated carbocycles. The van der Waals surface area contributed by atoms with E-state index in [4.69, 9.17) is 4.74 Å². The molecule has 1 heterocycles. The maximum Gasteiger partial charge on any atom is 0.230 e. The molecule has 1 aromatic heterocycles. The zero-order chi connectivity index (χ0) is 14.2. The highest BCUT2D eigenvalue weighted by Gasteiger charge is 2.06. The topological polar surface area (TPSA) is 67.0 Å². The van der Waals surface area contributed by atoms with Gasteiger partial charge >= 0.3 is 0 Å². The fourth-order valence-corrected chi connectivity index (χ4v) is 2.44. The van der Waals surface area contributed by atoms with Gasteiger partial charge in [-0.1, -0.05) is 23.9 Å². The molecule has 2 N–H and O–H groups in total. The predicted molar refractivity (Wildman–Crippen MR) is 80.9 cm³/mol. The number of carbonyl (C=O) groups is 1. The lowest BCUT2D eigenvalue weighted by atomic mass is 10.3. The molecule has 0 fully saturated rings. The van der Waals surface area contributed by atoms with Crippen molar-refractivity contribution in [2.75, 3.05) is 25.5 Å². The number of ether oxygens (including phenoxy) is 1. The lowest BCUT2D eigenvalue weighted by Crippen LogP contribution is -2.26. The van der Waals surface area contributed by atoms with Gasteiger partial charge in [0.15, 0.2) is 5.16 Å². The molecule has 0 aliphatic rings. The molecular weight excluding hydrogens is 274 g/mol. The summed E-state index contributed by atoms with van der Waals surface area (Å²) in [5, 5.41) is 3.64. The van der Waals surface area contributed by atoms with Crippen LogP contribution in [0.5, 0.6) is 0 Å². The number of H-pyrrole nitrogens is 1. The van der Waals surface area contributed by atoms with Crippen LogP contribution in [0.3, 0.4) is 0 Å². The van der Waals surface area contributed by atoms with Crippen molar-refractivity contribution in [2.45, 2.75) is 18.5 Å². The van der Waals surface area contributed by atoms with E-state index in [1.54, 1.807) is 0 Å². The Bertz CT molecular complexity index is 523. The van der Waals surface area contributed by atoms with Crippen LogP contribution in [0, 0.1) is 0 Å². The first-order valence-corrected chi connectivity index (χ1v) is 7.70. The minimum atomic E-state index is 0.0203. The van der Waals surface area contributed by atoms with Crippen LogP contribution in [0.2, 0.25) is 0 Å². The van der Waals surface area contributed by atoms with E-state index in [1.165, 1.54) is 11.8 Å². The molecule has 20 heavy (non-hydrogen) atoms. The minimum Gasteiger partial charge on any atom is -0.382 e. The third kappa shape index (κ3) is 4.54. The Kier molecular flexibility index (Phi) is 5.88. The van der Waals surface area contributed by atoms with Gasteiger partial charge in [-0.05, 0) is 25.5 Å². The molecule has 1 amide bonds. The smallest absolute Gasteiger partial charge is 0.230 e. The SMILES string of the molecule is CCOCCCNC(=O)CSc1nc2ccccc2[nH]1. The van der Waals surface area contributed by atoms with Crippen molar-refractivity contribution >= 4 is 28.7 Å². The Balaban J connectivity index is 1.70. The van der Waals surface area contributed by atoms with Gasteiger partial charge in [0.25, 0.3) is 0 Å². The molecular formula is C14H19N3O2S. The van der Waals surface area contributed by atoms with Crippen molar-refractivity contribution < 1.29 is 9.53 Å². The lowest BCUT2D eigenvalue weighted by Gasteiger charge is -2.04. The van der Waals surface area contributed by atoms with Crippen LogP contribution < -0.4 is 5.32 Å². The number of imidazole rings is 1. The molecule has 0 bridgehead atoms. The fraction of sp³-hybridized carbons (Fsp3) is 0.429. The molecule has 0 spiro atoms. The van der Waals surface area contributed by atoms with E-state index in [9.17, 15) is 4.79 Å². The summed E-state index contributed by atoms with van der Waals surface area (Å²) in [6.07, 6.45) is 0.842. The van der Waals surface area contributed by atoms with Crippen molar-refractivity contribution in [3.8, 4) is 0 Å². The van der Waals surface area contributed by atoms with Crippen LogP contribution in [-0.4, -0.2) is 41.4 Å². The first-order valence-electron chi connectivity index (χ1n) is 6.71. The monoisotopic (exact) mass is 293 g/mol. The number of benzene rings is 1. The molecule has 6 heteroatoms. The van der Waals surface area contributed by atoms with Gasteiger partial charge in [0.2, 0.25) is 5.91 Å². The molecule has 5 nitrogen and oxygen atoms in total. The number of hydrogen-bond acceptors (Lipinski definition) is 4. The molecule has 0 atom stereocenters. The molecule has 0 saturated heterocycles. The Labute approximate surface area is 122 Å². The average molecular weight is 293 g/mol. The van der Waals surface area contributed by atoms with Crippen molar-refractivity contribution in [1.82, 2.24) is 15.3 Å². The molecule has 2 rings (SSSR count). The van der Waals surface area contributed by atoms with Gasteiger partial charge in [-0.25, -0.2) is 4.98 Å². The van der Waals surface area contributed by atoms with Gasteiger partial charge in [-0.2, -0.15) is 0 Å². The molecule has 0 radical (unpaired) electrons. The number of carbonyl (C=O) groups excluding carboxylic acids is 1. The number of para-hydroxylation sites is 2. The molecule has 0 unspecified atom stereocenters. The quantitative estimate of drug-likeness (QED) is 0.578. The van der Waals surface area contributed by atoms with Crippen LogP contribution >= 0.6 is 11.8 Å². The van der Waals surface area contributed by atoms with Gasteiger partial charge in [0.1, 0.15) is 0 Å². The highest BCUT2D eigenvalue weighted by molar-refractivity contribution is 7.99. The third-order valence-corrected chi connectivity index (χ3v) is 3.57. The van der Waals surface area contributed by atoms with E-state index in [1.807, 2.05) is 31.2 Å². The molecule has 0 aliphatic carbocycles. The number of rotatable bonds is 8. The number of nitrogens with zero attached hydrogens (tertiary/aromatic N) is 1. The summed E-state index contributed by atoms with van der Waals surface area (Å²) in [7, 11) is 0. The van der Waals surface area contributed by atoms with Gasteiger partial charge in [-0.3, -0.25) is 4.79 Å². The van der Waals surface area contributed by atoms with Crippen LogP contribution in [0.15, 0.2) is 29.4 Å². The zero-order valence-electron chi connectivity index (χ0n) is 11.5. The van der Waals surface area contributed by atoms with Crippen molar-refractivity contribution in [3.63, 3.8) is 0 Å². The summed E-state index contributed by atoms with van der Waals surface area (Å²) >= 11 is 1.41. The number of fused-ring (bicyclic) bond motifs is 1. The minimum absolute atomic E-state index is 0.0203. The second kappa shape index (κ2) is 7.91. The van der Waals surface area contributed by atoms with E-state index in [0.717, 1.165) is 29.2 Å². The second-order valence-corrected chi connectivity index (χ2v) is 5.21. The summed E-state index contributed by atoms with van der Waals surface area (Å²) in [5.41, 5.74) is 1.92. The van der Waals surface area contributed by atoms with Crippen LogP contribution in [0.25, 0.3) is 11.0 Å². The van der Waals surface area contributed by atoms with Crippen LogP contribution in [-0.2, 0) is 9.53 Å². The van der Waals surface area contributed by atoms with E-state index >= 15 is 0 Å². The van der Waals surface area contributed by atoms with Crippen molar-refractivity contribution in [1.29, 1.82) is 0 Å². The summed E-state index contributed by atoms with van der Waals surface area (Å²) < 4.78 is 5.21. The first-order chi connectivity index (χ1) is 9.79. The Morgan fingerprint density at radius 2 is 2.30 bits per heavy atom. The average Bonchev–Trinajstić information content (AvgIpc) is 2.88. The van der Waals surface area contributed by atoms with Crippen molar-refractivity contribution in [3.05, 3.63) is 24.3 Å². The summed E-state index contributed by atoms with van der Waals surface area (Å²) in [5.74, 6) is 0.390.